The van der Waals surface area contributed by atoms with Crippen LogP contribution in [0.15, 0.2) is 42.5 Å². The molecule has 0 saturated carbocycles. The topological polar surface area (TPSA) is 81.2 Å². The first kappa shape index (κ1) is 17.8. The smallest absolute Gasteiger partial charge is 0.338 e. The number of anilines is 1. The number of hydrogen-bond acceptors (Lipinski definition) is 5. The quantitative estimate of drug-likeness (QED) is 0.709. The molecule has 6 nitrogen and oxygen atoms in total. The minimum Gasteiger partial charge on any atom is -0.452 e. The number of benzene rings is 2. The number of esters is 1. The van der Waals surface area contributed by atoms with Crippen molar-refractivity contribution in [3.8, 4) is 0 Å². The zero-order valence-corrected chi connectivity index (χ0v) is 15.0. The molecule has 0 radical (unpaired) electrons. The first-order chi connectivity index (χ1) is 12.4. The van der Waals surface area contributed by atoms with Crippen LogP contribution in [0.5, 0.6) is 0 Å². The van der Waals surface area contributed by atoms with Crippen molar-refractivity contribution in [3.63, 3.8) is 0 Å². The maximum Gasteiger partial charge on any atom is 0.338 e. The minimum atomic E-state index is -0.599. The fourth-order valence-corrected chi connectivity index (χ4v) is 2.43. The van der Waals surface area contributed by atoms with Crippen LogP contribution in [0, 0.1) is 13.8 Å². The maximum atomic E-state index is 12.2. The number of carbonyl (C=O) groups is 2. The van der Waals surface area contributed by atoms with Crippen molar-refractivity contribution in [1.82, 2.24) is 9.97 Å². The Morgan fingerprint density at radius 2 is 1.65 bits per heavy atom. The van der Waals surface area contributed by atoms with E-state index >= 15 is 0 Å². The van der Waals surface area contributed by atoms with Gasteiger partial charge < -0.3 is 10.1 Å². The van der Waals surface area contributed by atoms with Gasteiger partial charge in [0.15, 0.2) is 6.61 Å². The molecule has 1 heterocycles. The van der Waals surface area contributed by atoms with Crippen molar-refractivity contribution < 1.29 is 14.3 Å². The fourth-order valence-electron chi connectivity index (χ4n) is 2.30. The molecule has 7 heteroatoms. The van der Waals surface area contributed by atoms with Gasteiger partial charge in [0.25, 0.3) is 5.91 Å². The van der Waals surface area contributed by atoms with Gasteiger partial charge in [-0.1, -0.05) is 11.6 Å². The Morgan fingerprint density at radius 1 is 1.00 bits per heavy atom. The Bertz CT molecular complexity index is 987. The van der Waals surface area contributed by atoms with Crippen LogP contribution in [0.25, 0.3) is 11.0 Å². The average molecular weight is 370 g/mol. The lowest BCUT2D eigenvalue weighted by Gasteiger charge is -2.08. The summed E-state index contributed by atoms with van der Waals surface area (Å²) < 4.78 is 5.06. The van der Waals surface area contributed by atoms with E-state index in [2.05, 4.69) is 15.3 Å². The lowest BCUT2D eigenvalue weighted by molar-refractivity contribution is -0.119. The molecular weight excluding hydrogens is 354 g/mol. The third-order valence-electron chi connectivity index (χ3n) is 3.77. The molecule has 3 aromatic rings. The van der Waals surface area contributed by atoms with E-state index in [1.165, 1.54) is 0 Å². The van der Waals surface area contributed by atoms with Crippen LogP contribution in [0.1, 0.15) is 21.7 Å². The van der Waals surface area contributed by atoms with E-state index in [4.69, 9.17) is 16.3 Å². The highest BCUT2D eigenvalue weighted by Gasteiger charge is 2.12. The molecule has 0 fully saturated rings. The highest BCUT2D eigenvalue weighted by Crippen LogP contribution is 2.16. The molecule has 0 unspecified atom stereocenters. The van der Waals surface area contributed by atoms with Gasteiger partial charge in [0.1, 0.15) is 0 Å². The van der Waals surface area contributed by atoms with E-state index < -0.39 is 18.5 Å². The summed E-state index contributed by atoms with van der Waals surface area (Å²) in [5.74, 6) is -1.04. The van der Waals surface area contributed by atoms with E-state index in [-0.39, 0.29) is 0 Å². The van der Waals surface area contributed by atoms with Gasteiger partial charge >= 0.3 is 5.97 Å². The monoisotopic (exact) mass is 369 g/mol. The van der Waals surface area contributed by atoms with Crippen molar-refractivity contribution in [2.45, 2.75) is 13.8 Å². The van der Waals surface area contributed by atoms with Crippen LogP contribution in [0.3, 0.4) is 0 Å². The summed E-state index contributed by atoms with van der Waals surface area (Å²) >= 11 is 5.79. The van der Waals surface area contributed by atoms with Gasteiger partial charge in [-0.3, -0.25) is 4.79 Å². The summed E-state index contributed by atoms with van der Waals surface area (Å²) in [4.78, 5) is 32.9. The van der Waals surface area contributed by atoms with Crippen LogP contribution in [0.4, 0.5) is 5.69 Å². The molecule has 132 valence electrons. The Balaban J connectivity index is 1.64. The highest BCUT2D eigenvalue weighted by molar-refractivity contribution is 6.30. The second kappa shape index (κ2) is 7.49. The Hall–Kier alpha value is -2.99. The molecule has 0 aliphatic heterocycles. The van der Waals surface area contributed by atoms with Crippen molar-refractivity contribution in [2.75, 3.05) is 11.9 Å². The standard InChI is InChI=1S/C19H16ClN3O3/c1-11-12(2)22-17-9-13(3-8-16(17)21-11)19(25)26-10-18(24)23-15-6-4-14(20)5-7-15/h3-9H,10H2,1-2H3,(H,23,24). The van der Waals surface area contributed by atoms with Gasteiger partial charge in [0, 0.05) is 10.7 Å². The molecule has 1 aromatic heterocycles. The molecule has 0 saturated heterocycles. The van der Waals surface area contributed by atoms with Crippen molar-refractivity contribution >= 4 is 40.2 Å². The van der Waals surface area contributed by atoms with Gasteiger partial charge in [-0.25, -0.2) is 14.8 Å². The van der Waals surface area contributed by atoms with E-state index in [0.29, 0.717) is 27.3 Å². The number of nitrogens with zero attached hydrogens (tertiary/aromatic N) is 2. The van der Waals surface area contributed by atoms with E-state index in [9.17, 15) is 9.59 Å². The summed E-state index contributed by atoms with van der Waals surface area (Å²) in [6, 6.07) is 11.5. The zero-order chi connectivity index (χ0) is 18.7. The van der Waals surface area contributed by atoms with E-state index in [0.717, 1.165) is 11.4 Å². The molecule has 3 rings (SSSR count). The van der Waals surface area contributed by atoms with Crippen molar-refractivity contribution in [2.24, 2.45) is 0 Å². The number of halogens is 1. The van der Waals surface area contributed by atoms with Crippen LogP contribution >= 0.6 is 11.6 Å². The zero-order valence-electron chi connectivity index (χ0n) is 14.2. The number of hydrogen-bond donors (Lipinski definition) is 1. The first-order valence-corrected chi connectivity index (χ1v) is 8.28. The number of ether oxygens (including phenoxy) is 1. The molecule has 26 heavy (non-hydrogen) atoms. The summed E-state index contributed by atoms with van der Waals surface area (Å²) in [6.07, 6.45) is 0. The number of amides is 1. The number of aryl methyl sites for hydroxylation is 2. The third-order valence-corrected chi connectivity index (χ3v) is 4.03. The van der Waals surface area contributed by atoms with Gasteiger partial charge in [-0.2, -0.15) is 0 Å². The fraction of sp³-hybridized carbons (Fsp3) is 0.158. The van der Waals surface area contributed by atoms with Gasteiger partial charge in [0.05, 0.1) is 28.0 Å². The average Bonchev–Trinajstić information content (AvgIpc) is 2.62. The molecular formula is C19H16ClN3O3. The van der Waals surface area contributed by atoms with Gasteiger partial charge in [-0.15, -0.1) is 0 Å². The highest BCUT2D eigenvalue weighted by atomic mass is 35.5. The summed E-state index contributed by atoms with van der Waals surface area (Å²) in [5.41, 5.74) is 3.83. The molecule has 0 aliphatic carbocycles. The molecule has 1 amide bonds. The van der Waals surface area contributed by atoms with E-state index in [1.54, 1.807) is 42.5 Å². The van der Waals surface area contributed by atoms with Crippen LogP contribution in [0.2, 0.25) is 5.02 Å². The number of aromatic nitrogens is 2. The molecule has 1 N–H and O–H groups in total. The van der Waals surface area contributed by atoms with Gasteiger partial charge in [-0.05, 0) is 56.3 Å². The second-order valence-corrected chi connectivity index (χ2v) is 6.17. The predicted molar refractivity (Wildman–Crippen MR) is 99.4 cm³/mol. The SMILES string of the molecule is Cc1nc2ccc(C(=O)OCC(=O)Nc3ccc(Cl)cc3)cc2nc1C. The largest absolute Gasteiger partial charge is 0.452 e. The van der Waals surface area contributed by atoms with Crippen LogP contribution in [-0.4, -0.2) is 28.5 Å². The van der Waals surface area contributed by atoms with E-state index in [1.807, 2.05) is 13.8 Å². The molecule has 2 aromatic carbocycles. The van der Waals surface area contributed by atoms with Crippen LogP contribution < -0.4 is 5.32 Å². The second-order valence-electron chi connectivity index (χ2n) is 5.73. The number of fused-ring (bicyclic) bond motifs is 1. The summed E-state index contributed by atoms with van der Waals surface area (Å²) in [5, 5.41) is 3.19. The number of rotatable bonds is 4. The maximum absolute atomic E-state index is 12.2. The Kier molecular flexibility index (Phi) is 5.14. The number of carbonyl (C=O) groups excluding carboxylic acids is 2. The summed E-state index contributed by atoms with van der Waals surface area (Å²) in [7, 11) is 0. The third kappa shape index (κ3) is 4.15. The Morgan fingerprint density at radius 3 is 2.35 bits per heavy atom. The lowest BCUT2D eigenvalue weighted by atomic mass is 10.2. The Labute approximate surface area is 155 Å². The lowest BCUT2D eigenvalue weighted by Crippen LogP contribution is -2.20. The van der Waals surface area contributed by atoms with Crippen LogP contribution in [-0.2, 0) is 9.53 Å². The van der Waals surface area contributed by atoms with Crippen molar-refractivity contribution in [3.05, 3.63) is 64.4 Å². The number of nitrogens with one attached hydrogen (secondary N) is 1. The summed E-state index contributed by atoms with van der Waals surface area (Å²) in [6.45, 7) is 3.34. The van der Waals surface area contributed by atoms with Crippen molar-refractivity contribution in [1.29, 1.82) is 0 Å². The first-order valence-electron chi connectivity index (χ1n) is 7.90. The molecule has 0 atom stereocenters. The minimum absolute atomic E-state index is 0.314. The molecule has 0 aliphatic rings. The van der Waals surface area contributed by atoms with Gasteiger partial charge in [0.2, 0.25) is 0 Å². The predicted octanol–water partition coefficient (Wildman–Crippen LogP) is 3.70. The molecule has 0 spiro atoms. The normalized spacial score (nSPS) is 10.6. The molecule has 0 bridgehead atoms.